The van der Waals surface area contributed by atoms with Gasteiger partial charge in [-0.15, -0.1) is 0 Å². The van der Waals surface area contributed by atoms with Crippen molar-refractivity contribution in [3.63, 3.8) is 0 Å². The van der Waals surface area contributed by atoms with Gasteiger partial charge in [-0.1, -0.05) is 15.9 Å². The lowest BCUT2D eigenvalue weighted by molar-refractivity contribution is 0.432. The summed E-state index contributed by atoms with van der Waals surface area (Å²) >= 11 is 3.30. The molecule has 0 bridgehead atoms. The number of hydrogen-bond donors (Lipinski definition) is 1. The Morgan fingerprint density at radius 1 is 1.12 bits per heavy atom. The van der Waals surface area contributed by atoms with Gasteiger partial charge in [-0.3, -0.25) is 0 Å². The number of rotatable bonds is 2. The zero-order valence-corrected chi connectivity index (χ0v) is 11.8. The van der Waals surface area contributed by atoms with Gasteiger partial charge in [0.25, 0.3) is 0 Å². The van der Waals surface area contributed by atoms with Gasteiger partial charge in [-0.25, -0.2) is 8.42 Å². The Morgan fingerprint density at radius 2 is 1.82 bits per heavy atom. The van der Waals surface area contributed by atoms with E-state index in [1.165, 1.54) is 0 Å². The molecule has 0 spiro atoms. The van der Waals surface area contributed by atoms with E-state index in [-0.39, 0.29) is 0 Å². The van der Waals surface area contributed by atoms with Crippen molar-refractivity contribution in [1.29, 1.82) is 0 Å². The molecule has 0 atom stereocenters. The highest BCUT2D eigenvalue weighted by molar-refractivity contribution is 9.10. The molecule has 94 valence electrons. The van der Waals surface area contributed by atoms with Crippen LogP contribution in [0.4, 0.5) is 0 Å². The number of benzene rings is 1. The third-order valence-corrected chi connectivity index (χ3v) is 5.19. The van der Waals surface area contributed by atoms with Crippen molar-refractivity contribution < 1.29 is 8.42 Å². The van der Waals surface area contributed by atoms with Crippen molar-refractivity contribution in [3.8, 4) is 0 Å². The molecule has 0 unspecified atom stereocenters. The zero-order chi connectivity index (χ0) is 12.3. The van der Waals surface area contributed by atoms with Crippen LogP contribution in [0.15, 0.2) is 33.6 Å². The van der Waals surface area contributed by atoms with Crippen LogP contribution in [0.1, 0.15) is 6.42 Å². The molecule has 1 aliphatic rings. The maximum absolute atomic E-state index is 12.3. The lowest BCUT2D eigenvalue weighted by atomic mass is 10.4. The Balaban J connectivity index is 2.25. The molecule has 1 aliphatic heterocycles. The van der Waals surface area contributed by atoms with Crippen LogP contribution < -0.4 is 5.32 Å². The molecule has 1 fully saturated rings. The van der Waals surface area contributed by atoms with Gasteiger partial charge in [0.05, 0.1) is 4.90 Å². The Morgan fingerprint density at radius 3 is 2.53 bits per heavy atom. The standard InChI is InChI=1S/C11H15BrN2O2S/c12-10-2-4-11(5-3-10)17(15,16)14-8-1-6-13-7-9-14/h2-5,13H,1,6-9H2. The Labute approximate surface area is 110 Å². The van der Waals surface area contributed by atoms with Crippen molar-refractivity contribution in [2.45, 2.75) is 11.3 Å². The number of nitrogens with one attached hydrogen (secondary N) is 1. The Bertz CT molecular complexity index is 465. The van der Waals surface area contributed by atoms with Crippen LogP contribution in [-0.2, 0) is 10.0 Å². The molecule has 1 aromatic rings. The van der Waals surface area contributed by atoms with Gasteiger partial charge in [0.2, 0.25) is 10.0 Å². The lowest BCUT2D eigenvalue weighted by Gasteiger charge is -2.19. The fourth-order valence-corrected chi connectivity index (χ4v) is 3.56. The van der Waals surface area contributed by atoms with Gasteiger partial charge >= 0.3 is 0 Å². The molecule has 2 rings (SSSR count). The van der Waals surface area contributed by atoms with Crippen LogP contribution in [0.25, 0.3) is 0 Å². The van der Waals surface area contributed by atoms with E-state index in [0.717, 1.165) is 24.0 Å². The summed E-state index contributed by atoms with van der Waals surface area (Å²) in [5.41, 5.74) is 0. The second-order valence-electron chi connectivity index (χ2n) is 3.96. The van der Waals surface area contributed by atoms with Crippen molar-refractivity contribution in [3.05, 3.63) is 28.7 Å². The molecule has 1 aromatic carbocycles. The quantitative estimate of drug-likeness (QED) is 0.897. The largest absolute Gasteiger partial charge is 0.315 e. The van der Waals surface area contributed by atoms with Crippen LogP contribution in [-0.4, -0.2) is 38.9 Å². The van der Waals surface area contributed by atoms with Crippen LogP contribution in [0, 0.1) is 0 Å². The first-order valence-corrected chi connectivity index (χ1v) is 7.80. The summed E-state index contributed by atoms with van der Waals surface area (Å²) in [6.45, 7) is 2.73. The van der Waals surface area contributed by atoms with Gasteiger partial charge in [0.1, 0.15) is 0 Å². The Hall–Kier alpha value is -0.430. The highest BCUT2D eigenvalue weighted by Crippen LogP contribution is 2.19. The van der Waals surface area contributed by atoms with Gasteiger partial charge in [-0.2, -0.15) is 4.31 Å². The van der Waals surface area contributed by atoms with E-state index >= 15 is 0 Å². The third-order valence-electron chi connectivity index (χ3n) is 2.75. The van der Waals surface area contributed by atoms with Crippen molar-refractivity contribution >= 4 is 26.0 Å². The summed E-state index contributed by atoms with van der Waals surface area (Å²) in [4.78, 5) is 0.364. The van der Waals surface area contributed by atoms with Crippen LogP contribution in [0.5, 0.6) is 0 Å². The topological polar surface area (TPSA) is 49.4 Å². The second-order valence-corrected chi connectivity index (χ2v) is 6.82. The van der Waals surface area contributed by atoms with E-state index in [1.54, 1.807) is 28.6 Å². The average molecular weight is 319 g/mol. The molecule has 0 aliphatic carbocycles. The lowest BCUT2D eigenvalue weighted by Crippen LogP contribution is -2.34. The zero-order valence-electron chi connectivity index (χ0n) is 9.39. The maximum Gasteiger partial charge on any atom is 0.243 e. The second kappa shape index (κ2) is 5.48. The fraction of sp³-hybridized carbons (Fsp3) is 0.455. The first-order chi connectivity index (χ1) is 8.10. The van der Waals surface area contributed by atoms with Crippen molar-refractivity contribution in [2.24, 2.45) is 0 Å². The highest BCUT2D eigenvalue weighted by Gasteiger charge is 2.24. The first-order valence-electron chi connectivity index (χ1n) is 5.57. The molecule has 0 saturated carbocycles. The summed E-state index contributed by atoms with van der Waals surface area (Å²) < 4.78 is 27.1. The number of nitrogens with zero attached hydrogens (tertiary/aromatic N) is 1. The molecular weight excluding hydrogens is 304 g/mol. The smallest absolute Gasteiger partial charge is 0.243 e. The predicted molar refractivity (Wildman–Crippen MR) is 70.4 cm³/mol. The van der Waals surface area contributed by atoms with Gasteiger partial charge in [0.15, 0.2) is 0 Å². The van der Waals surface area contributed by atoms with E-state index in [1.807, 2.05) is 0 Å². The molecule has 6 heteroatoms. The normalized spacial score (nSPS) is 18.9. The highest BCUT2D eigenvalue weighted by atomic mass is 79.9. The number of hydrogen-bond acceptors (Lipinski definition) is 3. The molecule has 17 heavy (non-hydrogen) atoms. The summed E-state index contributed by atoms with van der Waals surface area (Å²) in [7, 11) is -3.33. The first kappa shape index (κ1) is 13.0. The molecule has 1 heterocycles. The molecule has 1 saturated heterocycles. The SMILES string of the molecule is O=S(=O)(c1ccc(Br)cc1)N1CCCNCC1. The van der Waals surface area contributed by atoms with E-state index in [4.69, 9.17) is 0 Å². The van der Waals surface area contributed by atoms with E-state index < -0.39 is 10.0 Å². The number of halogens is 1. The van der Waals surface area contributed by atoms with Crippen molar-refractivity contribution in [2.75, 3.05) is 26.2 Å². The minimum absolute atomic E-state index is 0.364. The average Bonchev–Trinajstić information content (AvgIpc) is 2.58. The third kappa shape index (κ3) is 3.07. The summed E-state index contributed by atoms with van der Waals surface area (Å²) in [6.07, 6.45) is 0.857. The predicted octanol–water partition coefficient (Wildman–Crippen LogP) is 1.43. The van der Waals surface area contributed by atoms with Crippen LogP contribution in [0.2, 0.25) is 0 Å². The number of sulfonamides is 1. The van der Waals surface area contributed by atoms with Gasteiger partial charge in [-0.05, 0) is 37.2 Å². The van der Waals surface area contributed by atoms with Crippen molar-refractivity contribution in [1.82, 2.24) is 9.62 Å². The molecule has 0 amide bonds. The molecule has 0 aromatic heterocycles. The summed E-state index contributed by atoms with van der Waals surface area (Å²) in [5, 5.41) is 3.20. The Kier molecular flexibility index (Phi) is 4.19. The molecule has 4 nitrogen and oxygen atoms in total. The molecule has 0 radical (unpaired) electrons. The maximum atomic E-state index is 12.3. The summed E-state index contributed by atoms with van der Waals surface area (Å²) in [6, 6.07) is 6.78. The van der Waals surface area contributed by atoms with E-state index in [2.05, 4.69) is 21.2 Å². The van der Waals surface area contributed by atoms with E-state index in [9.17, 15) is 8.42 Å². The fourth-order valence-electron chi connectivity index (χ4n) is 1.82. The monoisotopic (exact) mass is 318 g/mol. The van der Waals surface area contributed by atoms with Crippen LogP contribution in [0.3, 0.4) is 0 Å². The van der Waals surface area contributed by atoms with Gasteiger partial charge < -0.3 is 5.32 Å². The summed E-state index contributed by atoms with van der Waals surface area (Å²) in [5.74, 6) is 0. The minimum Gasteiger partial charge on any atom is -0.315 e. The van der Waals surface area contributed by atoms with Gasteiger partial charge in [0, 0.05) is 24.1 Å². The molecule has 1 N–H and O–H groups in total. The van der Waals surface area contributed by atoms with Crippen LogP contribution >= 0.6 is 15.9 Å². The minimum atomic E-state index is -3.33. The molecular formula is C11H15BrN2O2S. The van der Waals surface area contributed by atoms with E-state index in [0.29, 0.717) is 18.0 Å².